The molecule has 4 nitrogen and oxygen atoms in total. The molecular weight excluding hydrogens is 246 g/mol. The van der Waals surface area contributed by atoms with E-state index in [1.54, 1.807) is 0 Å². The summed E-state index contributed by atoms with van der Waals surface area (Å²) >= 11 is 1.89. The number of fused-ring (bicyclic) bond motifs is 1. The summed E-state index contributed by atoms with van der Waals surface area (Å²) in [5.41, 5.74) is 0. The van der Waals surface area contributed by atoms with Gasteiger partial charge in [-0.25, -0.2) is 0 Å². The van der Waals surface area contributed by atoms with Gasteiger partial charge in [-0.15, -0.1) is 0 Å². The zero-order valence-electron chi connectivity index (χ0n) is 11.1. The molecule has 0 amide bonds. The first-order chi connectivity index (χ1) is 8.85. The molecule has 18 heavy (non-hydrogen) atoms. The third-order valence-electron chi connectivity index (χ3n) is 4.11. The first-order valence-electron chi connectivity index (χ1n) is 7.15. The number of hydrogen-bond donors (Lipinski definition) is 1. The van der Waals surface area contributed by atoms with Gasteiger partial charge in [-0.3, -0.25) is 9.89 Å². The van der Waals surface area contributed by atoms with E-state index in [2.05, 4.69) is 22.1 Å². The van der Waals surface area contributed by atoms with Gasteiger partial charge in [0.05, 0.1) is 19.3 Å². The van der Waals surface area contributed by atoms with E-state index < -0.39 is 0 Å². The van der Waals surface area contributed by atoms with E-state index in [9.17, 15) is 0 Å². The van der Waals surface area contributed by atoms with Gasteiger partial charge < -0.3 is 10.1 Å². The minimum absolute atomic E-state index is 0.336. The lowest BCUT2D eigenvalue weighted by Gasteiger charge is -2.35. The maximum atomic E-state index is 5.94. The summed E-state index contributed by atoms with van der Waals surface area (Å²) in [5.74, 6) is 0. The summed E-state index contributed by atoms with van der Waals surface area (Å²) in [6, 6.07) is 0.698. The van der Waals surface area contributed by atoms with Gasteiger partial charge in [-0.2, -0.15) is 0 Å². The molecule has 0 aromatic rings. The smallest absolute Gasteiger partial charge is 0.157 e. The highest BCUT2D eigenvalue weighted by Gasteiger charge is 2.32. The second kappa shape index (κ2) is 5.80. The minimum Gasteiger partial charge on any atom is -0.373 e. The topological polar surface area (TPSA) is 36.9 Å². The van der Waals surface area contributed by atoms with Crippen molar-refractivity contribution in [3.05, 3.63) is 0 Å². The number of aliphatic imine (C=N–C) groups is 1. The van der Waals surface area contributed by atoms with Gasteiger partial charge in [0.2, 0.25) is 0 Å². The Morgan fingerprint density at radius 2 is 2.50 bits per heavy atom. The number of ether oxygens (including phenoxy) is 1. The number of hydrogen-bond acceptors (Lipinski definition) is 5. The highest BCUT2D eigenvalue weighted by Crippen LogP contribution is 2.24. The van der Waals surface area contributed by atoms with Crippen LogP contribution in [0.1, 0.15) is 26.2 Å². The van der Waals surface area contributed by atoms with Crippen LogP contribution in [0.25, 0.3) is 0 Å². The first kappa shape index (κ1) is 12.8. The zero-order chi connectivity index (χ0) is 12.4. The third-order valence-corrected chi connectivity index (χ3v) is 5.43. The Hall–Kier alpha value is -0.260. The van der Waals surface area contributed by atoms with Gasteiger partial charge in [0.25, 0.3) is 0 Å². The van der Waals surface area contributed by atoms with Crippen LogP contribution in [0.4, 0.5) is 0 Å². The molecule has 3 rings (SSSR count). The van der Waals surface area contributed by atoms with Crippen molar-refractivity contribution in [2.75, 3.05) is 32.8 Å². The summed E-state index contributed by atoms with van der Waals surface area (Å²) in [6.07, 6.45) is 4.20. The third kappa shape index (κ3) is 2.83. The van der Waals surface area contributed by atoms with Crippen LogP contribution < -0.4 is 5.32 Å². The second-order valence-electron chi connectivity index (χ2n) is 5.42. The van der Waals surface area contributed by atoms with Crippen molar-refractivity contribution >= 4 is 16.9 Å². The van der Waals surface area contributed by atoms with Crippen molar-refractivity contribution < 1.29 is 4.74 Å². The van der Waals surface area contributed by atoms with E-state index in [-0.39, 0.29) is 0 Å². The SMILES string of the molecule is CCC1CN=C(NCC2CN3CCCC3CO2)S1. The lowest BCUT2D eigenvalue weighted by molar-refractivity contribution is -0.0451. The summed E-state index contributed by atoms with van der Waals surface area (Å²) in [5, 5.41) is 5.26. The fourth-order valence-electron chi connectivity index (χ4n) is 2.94. The van der Waals surface area contributed by atoms with Crippen LogP contribution >= 0.6 is 11.8 Å². The van der Waals surface area contributed by atoms with Crippen LogP contribution in [0.2, 0.25) is 0 Å². The fourth-order valence-corrected chi connectivity index (χ4v) is 3.88. The van der Waals surface area contributed by atoms with Gasteiger partial charge in [-0.05, 0) is 25.8 Å². The lowest BCUT2D eigenvalue weighted by atomic mass is 10.2. The van der Waals surface area contributed by atoms with Crippen molar-refractivity contribution in [3.8, 4) is 0 Å². The Bertz CT molecular complexity index is 323. The molecular formula is C13H23N3OS. The molecule has 3 unspecified atom stereocenters. The maximum absolute atomic E-state index is 5.94. The standard InChI is InChI=1S/C13H23N3OS/c1-2-12-7-15-13(18-12)14-6-11-8-16-5-3-4-10(16)9-17-11/h10-12H,2-9H2,1H3,(H,14,15). The molecule has 3 atom stereocenters. The van der Waals surface area contributed by atoms with E-state index in [1.807, 2.05) is 11.8 Å². The Kier molecular flexibility index (Phi) is 4.11. The van der Waals surface area contributed by atoms with Gasteiger partial charge in [0, 0.05) is 24.4 Å². The van der Waals surface area contributed by atoms with Crippen molar-refractivity contribution in [1.29, 1.82) is 0 Å². The number of amidine groups is 1. The van der Waals surface area contributed by atoms with Crippen LogP contribution in [0.3, 0.4) is 0 Å². The van der Waals surface area contributed by atoms with Crippen LogP contribution in [0.5, 0.6) is 0 Å². The highest BCUT2D eigenvalue weighted by molar-refractivity contribution is 8.14. The summed E-state index contributed by atoms with van der Waals surface area (Å²) in [6.45, 7) is 7.39. The number of nitrogens with one attached hydrogen (secondary N) is 1. The predicted octanol–water partition coefficient (Wildman–Crippen LogP) is 1.32. The van der Waals surface area contributed by atoms with Crippen molar-refractivity contribution in [3.63, 3.8) is 0 Å². The maximum Gasteiger partial charge on any atom is 0.157 e. The summed E-state index contributed by atoms with van der Waals surface area (Å²) < 4.78 is 5.94. The molecule has 0 radical (unpaired) electrons. The first-order valence-corrected chi connectivity index (χ1v) is 8.03. The normalized spacial score (nSPS) is 36.5. The number of morpholine rings is 1. The van der Waals surface area contributed by atoms with Crippen LogP contribution in [-0.2, 0) is 4.74 Å². The van der Waals surface area contributed by atoms with Gasteiger partial charge in [0.15, 0.2) is 5.17 Å². The molecule has 0 spiro atoms. The predicted molar refractivity (Wildman–Crippen MR) is 76.3 cm³/mol. The van der Waals surface area contributed by atoms with Gasteiger partial charge >= 0.3 is 0 Å². The van der Waals surface area contributed by atoms with E-state index >= 15 is 0 Å². The average molecular weight is 269 g/mol. The van der Waals surface area contributed by atoms with Crippen LogP contribution in [-0.4, -0.2) is 60.2 Å². The molecule has 5 heteroatoms. The molecule has 102 valence electrons. The Balaban J connectivity index is 1.41. The quantitative estimate of drug-likeness (QED) is 0.838. The Morgan fingerprint density at radius 3 is 3.33 bits per heavy atom. The molecule has 0 aromatic carbocycles. The number of rotatable bonds is 3. The summed E-state index contributed by atoms with van der Waals surface area (Å²) in [7, 11) is 0. The Labute approximate surface area is 114 Å². The average Bonchev–Trinajstić information content (AvgIpc) is 3.04. The van der Waals surface area contributed by atoms with Crippen molar-refractivity contribution in [1.82, 2.24) is 10.2 Å². The highest BCUT2D eigenvalue weighted by atomic mass is 32.2. The molecule has 0 aromatic heterocycles. The zero-order valence-corrected chi connectivity index (χ0v) is 11.9. The molecule has 0 saturated carbocycles. The van der Waals surface area contributed by atoms with E-state index in [0.717, 1.165) is 31.4 Å². The minimum atomic E-state index is 0.336. The Morgan fingerprint density at radius 1 is 1.56 bits per heavy atom. The number of thioether (sulfide) groups is 1. The molecule has 3 heterocycles. The largest absolute Gasteiger partial charge is 0.373 e. The van der Waals surface area contributed by atoms with E-state index in [1.165, 1.54) is 25.8 Å². The molecule has 3 aliphatic rings. The van der Waals surface area contributed by atoms with Crippen LogP contribution in [0, 0.1) is 0 Å². The van der Waals surface area contributed by atoms with Crippen LogP contribution in [0.15, 0.2) is 4.99 Å². The van der Waals surface area contributed by atoms with Gasteiger partial charge in [-0.1, -0.05) is 18.7 Å². The van der Waals surface area contributed by atoms with Crippen molar-refractivity contribution in [2.24, 2.45) is 4.99 Å². The van der Waals surface area contributed by atoms with Crippen molar-refractivity contribution in [2.45, 2.75) is 43.6 Å². The molecule has 1 N–H and O–H groups in total. The molecule has 0 aliphatic carbocycles. The molecule has 2 saturated heterocycles. The van der Waals surface area contributed by atoms with E-state index in [4.69, 9.17) is 4.74 Å². The monoisotopic (exact) mass is 269 g/mol. The number of nitrogens with zero attached hydrogens (tertiary/aromatic N) is 2. The lowest BCUT2D eigenvalue weighted by Crippen LogP contribution is -2.49. The second-order valence-corrected chi connectivity index (χ2v) is 6.71. The van der Waals surface area contributed by atoms with Gasteiger partial charge in [0.1, 0.15) is 0 Å². The van der Waals surface area contributed by atoms with E-state index in [0.29, 0.717) is 17.4 Å². The molecule has 0 bridgehead atoms. The molecule has 3 aliphatic heterocycles. The molecule has 2 fully saturated rings. The fraction of sp³-hybridized carbons (Fsp3) is 0.923. The summed E-state index contributed by atoms with van der Waals surface area (Å²) in [4.78, 5) is 7.13.